The van der Waals surface area contributed by atoms with Gasteiger partial charge in [0, 0.05) is 67.1 Å². The number of hydrogen-bond acceptors (Lipinski definition) is 10. The third-order valence-corrected chi connectivity index (χ3v) is 14.3. The fourth-order valence-corrected chi connectivity index (χ4v) is 11.0. The Morgan fingerprint density at radius 3 is 1.47 bits per heavy atom. The number of benzene rings is 2. The van der Waals surface area contributed by atoms with Crippen LogP contribution in [0.25, 0.3) is 23.3 Å². The molecule has 70 heavy (non-hydrogen) atoms. The largest absolute Gasteiger partial charge is 0.444 e. The van der Waals surface area contributed by atoms with Crippen LogP contribution in [0.4, 0.5) is 9.59 Å². The minimum absolute atomic E-state index is 0.0465. The summed E-state index contributed by atoms with van der Waals surface area (Å²) in [6.07, 6.45) is 14.7. The number of nitrogens with zero attached hydrogens (tertiary/aromatic N) is 4. The molecule has 2 aromatic heterocycles. The van der Waals surface area contributed by atoms with Crippen molar-refractivity contribution in [2.24, 2.45) is 11.8 Å². The van der Waals surface area contributed by atoms with Gasteiger partial charge in [-0.2, -0.15) is 8.42 Å². The van der Waals surface area contributed by atoms with Gasteiger partial charge in [0.2, 0.25) is 0 Å². The Morgan fingerprint density at radius 1 is 0.671 bits per heavy atom. The number of aliphatic hydroxyl groups excluding tert-OH is 1. The molecule has 4 aliphatic rings. The van der Waals surface area contributed by atoms with Crippen molar-refractivity contribution in [1.82, 2.24) is 19.8 Å². The monoisotopic (exact) mass is 1010 g/mol. The van der Waals surface area contributed by atoms with Gasteiger partial charge in [-0.1, -0.05) is 59.6 Å². The Labute approximate surface area is 424 Å². The molecule has 2 atom stereocenters. The molecule has 0 radical (unpaired) electrons. The first kappa shape index (κ1) is 53.0. The summed E-state index contributed by atoms with van der Waals surface area (Å²) in [5, 5.41) is 10.8. The van der Waals surface area contributed by atoms with Gasteiger partial charge < -0.3 is 24.4 Å². The fraction of sp³-hybridized carbons (Fsp3) is 0.491. The first-order valence-electron chi connectivity index (χ1n) is 24.5. The highest BCUT2D eigenvalue weighted by atomic mass is 35.5. The highest BCUT2D eigenvalue weighted by Crippen LogP contribution is 2.47. The Bertz CT molecular complexity index is 2680. The lowest BCUT2D eigenvalue weighted by atomic mass is 9.76. The van der Waals surface area contributed by atoms with Crippen molar-refractivity contribution in [3.8, 4) is 0 Å². The molecule has 2 aliphatic carbocycles. The van der Waals surface area contributed by atoms with Gasteiger partial charge >= 0.3 is 12.2 Å². The number of aliphatic hydroxyl groups is 1. The molecule has 2 aromatic carbocycles. The van der Waals surface area contributed by atoms with Crippen molar-refractivity contribution in [2.75, 3.05) is 45.6 Å². The molecular formula is C55H68Cl2N4O8S. The zero-order valence-electron chi connectivity index (χ0n) is 41.5. The number of carbonyl (C=O) groups is 2. The lowest BCUT2D eigenvalue weighted by Gasteiger charge is -2.37. The molecule has 0 spiro atoms. The Morgan fingerprint density at radius 2 is 1.09 bits per heavy atom. The van der Waals surface area contributed by atoms with E-state index in [1.54, 1.807) is 4.90 Å². The second-order valence-corrected chi connectivity index (χ2v) is 23.3. The number of pyridine rings is 2. The summed E-state index contributed by atoms with van der Waals surface area (Å²) in [5.74, 6) is 0.804. The number of piperidine rings is 2. The average Bonchev–Trinajstić information content (AvgIpc) is 3.52. The zero-order valence-corrected chi connectivity index (χ0v) is 43.9. The summed E-state index contributed by atoms with van der Waals surface area (Å²) in [6.45, 7) is 14.2. The molecule has 376 valence electrons. The number of hydrogen-bond donors (Lipinski definition) is 1. The third-order valence-electron chi connectivity index (χ3n) is 13.2. The number of likely N-dealkylation sites (tertiary alicyclic amines) is 2. The number of ether oxygens (including phenoxy) is 2. The van der Waals surface area contributed by atoms with E-state index in [0.717, 1.165) is 77.6 Å². The lowest BCUT2D eigenvalue weighted by Crippen LogP contribution is -2.42. The number of rotatable bonds is 10. The van der Waals surface area contributed by atoms with Crippen LogP contribution in [-0.2, 0) is 23.8 Å². The number of halogens is 2. The molecule has 2 aliphatic heterocycles. The predicted octanol–water partition coefficient (Wildman–Crippen LogP) is 12.3. The number of fused-ring (bicyclic) bond motifs is 4. The van der Waals surface area contributed by atoms with Crippen LogP contribution < -0.4 is 0 Å². The molecule has 0 saturated carbocycles. The maximum Gasteiger partial charge on any atom is 0.410 e. The van der Waals surface area contributed by atoms with Gasteiger partial charge in [0.1, 0.15) is 11.2 Å². The molecule has 4 aromatic rings. The lowest BCUT2D eigenvalue weighted by molar-refractivity contribution is 0.0167. The van der Waals surface area contributed by atoms with E-state index in [1.165, 1.54) is 16.7 Å². The minimum Gasteiger partial charge on any atom is -0.444 e. The molecule has 4 heterocycles. The average molecular weight is 1020 g/mol. The Balaban J connectivity index is 0.000000208. The van der Waals surface area contributed by atoms with E-state index in [1.807, 2.05) is 95.2 Å². The van der Waals surface area contributed by atoms with E-state index < -0.39 is 21.3 Å². The van der Waals surface area contributed by atoms with Gasteiger partial charge in [-0.15, -0.1) is 0 Å². The van der Waals surface area contributed by atoms with Gasteiger partial charge in [-0.25, -0.2) is 9.59 Å². The summed E-state index contributed by atoms with van der Waals surface area (Å²) >= 11 is 12.8. The van der Waals surface area contributed by atoms with Gasteiger partial charge in [-0.3, -0.25) is 14.2 Å². The van der Waals surface area contributed by atoms with Crippen LogP contribution in [0.3, 0.4) is 0 Å². The Kier molecular flexibility index (Phi) is 17.2. The summed E-state index contributed by atoms with van der Waals surface area (Å²) in [6, 6.07) is 20.3. The summed E-state index contributed by atoms with van der Waals surface area (Å²) in [4.78, 5) is 38.6. The van der Waals surface area contributed by atoms with Crippen LogP contribution in [-0.4, -0.2) is 102 Å². The Hall–Kier alpha value is -4.79. The van der Waals surface area contributed by atoms with Gasteiger partial charge in [0.05, 0.1) is 24.3 Å². The SMILES string of the molecule is CC(C)(C)OC(=O)N1CCC(C2c3ccc(Cl)cc3C=C(CCCO)c3cccnc32)CC1.CC(C)(C)OC(=O)N1CCC(C2c3ccc(Cl)cc3C=C(CCCOS(C)(=O)=O)c3cccnc32)CC1. The number of allylic oxidation sites excluding steroid dienone is 2. The third kappa shape index (κ3) is 13.8. The first-order valence-corrected chi connectivity index (χ1v) is 27.1. The molecule has 2 amide bonds. The molecular weight excluding hydrogens is 948 g/mol. The maximum absolute atomic E-state index is 12.6. The van der Waals surface area contributed by atoms with E-state index in [-0.39, 0.29) is 43.2 Å². The molecule has 1 N–H and O–H groups in total. The van der Waals surface area contributed by atoms with Crippen molar-refractivity contribution in [2.45, 2.75) is 116 Å². The van der Waals surface area contributed by atoms with Crippen LogP contribution in [0, 0.1) is 11.8 Å². The van der Waals surface area contributed by atoms with E-state index >= 15 is 0 Å². The number of carbonyl (C=O) groups excluding carboxylic acids is 2. The maximum atomic E-state index is 12.6. The van der Waals surface area contributed by atoms with Crippen LogP contribution in [0.5, 0.6) is 0 Å². The van der Waals surface area contributed by atoms with Crippen LogP contribution in [0.1, 0.15) is 150 Å². The van der Waals surface area contributed by atoms with Crippen molar-refractivity contribution < 1.29 is 36.8 Å². The van der Waals surface area contributed by atoms with E-state index in [0.29, 0.717) is 61.4 Å². The minimum atomic E-state index is -3.48. The summed E-state index contributed by atoms with van der Waals surface area (Å²) in [5.41, 5.74) is 10.1. The van der Waals surface area contributed by atoms with E-state index in [4.69, 9.17) is 46.8 Å². The highest BCUT2D eigenvalue weighted by Gasteiger charge is 2.38. The highest BCUT2D eigenvalue weighted by molar-refractivity contribution is 7.85. The van der Waals surface area contributed by atoms with Crippen LogP contribution in [0.2, 0.25) is 10.0 Å². The molecule has 0 bridgehead atoms. The molecule has 2 unspecified atom stereocenters. The smallest absolute Gasteiger partial charge is 0.410 e. The molecule has 15 heteroatoms. The number of aromatic nitrogens is 2. The van der Waals surface area contributed by atoms with Crippen molar-refractivity contribution in [1.29, 1.82) is 0 Å². The predicted molar refractivity (Wildman–Crippen MR) is 278 cm³/mol. The first-order chi connectivity index (χ1) is 33.2. The molecule has 2 fully saturated rings. The van der Waals surface area contributed by atoms with Crippen molar-refractivity contribution in [3.05, 3.63) is 128 Å². The van der Waals surface area contributed by atoms with Crippen molar-refractivity contribution in [3.63, 3.8) is 0 Å². The van der Waals surface area contributed by atoms with Gasteiger partial charge in [0.25, 0.3) is 10.1 Å². The van der Waals surface area contributed by atoms with Crippen molar-refractivity contribution >= 4 is 68.8 Å². The molecule has 8 rings (SSSR count). The summed E-state index contributed by atoms with van der Waals surface area (Å²) < 4.78 is 38.9. The van der Waals surface area contributed by atoms with Gasteiger partial charge in [0.15, 0.2) is 0 Å². The quantitative estimate of drug-likeness (QED) is 0.120. The van der Waals surface area contributed by atoms with E-state index in [9.17, 15) is 23.1 Å². The standard InChI is InChI=1S/C28H35ClN2O5S.C27H33ClN2O3/c1-28(2,3)36-27(32)31-14-11-19(12-15-31)25-23-10-9-22(29)18-21(23)17-20(7-6-16-35-37(4,33)34)24-8-5-13-30-26(24)25;1-27(2,3)33-26(32)30-13-10-18(11-14-30)24-22-9-8-21(28)17-20(22)16-19(6-5-15-31)23-7-4-12-29-25(23)24/h5,8-10,13,17-19,25H,6-7,11-12,14-16H2,1-4H3;4,7-9,12,16-18,24,31H,5-6,10-11,13-15H2,1-3H3. The number of amides is 2. The van der Waals surface area contributed by atoms with Crippen LogP contribution in [0.15, 0.2) is 73.1 Å². The topological polar surface area (TPSA) is 148 Å². The fourth-order valence-electron chi connectivity index (χ4n) is 10.2. The molecule has 12 nitrogen and oxygen atoms in total. The second kappa shape index (κ2) is 22.7. The van der Waals surface area contributed by atoms with E-state index in [2.05, 4.69) is 36.4 Å². The summed E-state index contributed by atoms with van der Waals surface area (Å²) in [7, 11) is -3.48. The zero-order chi connectivity index (χ0) is 50.4. The normalized spacial score (nSPS) is 18.6. The van der Waals surface area contributed by atoms with Crippen LogP contribution >= 0.6 is 23.2 Å². The van der Waals surface area contributed by atoms with Gasteiger partial charge in [-0.05, 0) is 186 Å². The molecule has 2 saturated heterocycles. The second-order valence-electron chi connectivity index (χ2n) is 20.8.